The molecule has 1 aliphatic heterocycles. The monoisotopic (exact) mass is 353 g/mol. The molecule has 1 aliphatic rings. The summed E-state index contributed by atoms with van der Waals surface area (Å²) in [6.45, 7) is 4.03. The standard InChI is InChI=1S/C22H27NO3/c1-22(21(24)25-2,26-17-19-12-7-4-8-13-19)20-14-9-15-23(20)16-18-10-5-3-6-11-18/h3-8,10-13,20H,9,14-17H2,1-2H3/t20-,22+/m0/s1. The summed E-state index contributed by atoms with van der Waals surface area (Å²) in [4.78, 5) is 15.0. The average molecular weight is 353 g/mol. The minimum Gasteiger partial charge on any atom is -0.467 e. The van der Waals surface area contributed by atoms with Gasteiger partial charge in [0.1, 0.15) is 0 Å². The maximum Gasteiger partial charge on any atom is 0.339 e. The van der Waals surface area contributed by atoms with Gasteiger partial charge >= 0.3 is 5.97 Å². The summed E-state index contributed by atoms with van der Waals surface area (Å²) in [6, 6.07) is 20.3. The lowest BCUT2D eigenvalue weighted by Gasteiger charge is -2.38. The lowest BCUT2D eigenvalue weighted by Crippen LogP contribution is -2.55. The summed E-state index contributed by atoms with van der Waals surface area (Å²) >= 11 is 0. The van der Waals surface area contributed by atoms with Crippen LogP contribution in [0.5, 0.6) is 0 Å². The largest absolute Gasteiger partial charge is 0.467 e. The molecule has 0 aliphatic carbocycles. The Kier molecular flexibility index (Phi) is 6.07. The normalized spacial score (nSPS) is 19.8. The van der Waals surface area contributed by atoms with Crippen molar-refractivity contribution >= 4 is 5.97 Å². The zero-order valence-electron chi connectivity index (χ0n) is 15.6. The van der Waals surface area contributed by atoms with Crippen LogP contribution in [0.25, 0.3) is 0 Å². The second-order valence-corrected chi connectivity index (χ2v) is 6.99. The fourth-order valence-electron chi connectivity index (χ4n) is 3.76. The molecule has 0 radical (unpaired) electrons. The van der Waals surface area contributed by atoms with E-state index in [0.29, 0.717) is 6.61 Å². The number of ether oxygens (including phenoxy) is 2. The molecule has 0 aromatic heterocycles. The summed E-state index contributed by atoms with van der Waals surface area (Å²) < 4.78 is 11.3. The third-order valence-corrected chi connectivity index (χ3v) is 5.20. The summed E-state index contributed by atoms with van der Waals surface area (Å²) in [6.07, 6.45) is 1.98. The number of hydrogen-bond acceptors (Lipinski definition) is 4. The van der Waals surface area contributed by atoms with Gasteiger partial charge in [-0.1, -0.05) is 60.7 Å². The second kappa shape index (κ2) is 8.47. The molecule has 1 fully saturated rings. The summed E-state index contributed by atoms with van der Waals surface area (Å²) in [5, 5.41) is 0. The van der Waals surface area contributed by atoms with Crippen molar-refractivity contribution in [2.24, 2.45) is 0 Å². The van der Waals surface area contributed by atoms with Crippen LogP contribution in [0.2, 0.25) is 0 Å². The van der Waals surface area contributed by atoms with Crippen LogP contribution in [0, 0.1) is 0 Å². The maximum atomic E-state index is 12.7. The first-order valence-electron chi connectivity index (χ1n) is 9.18. The topological polar surface area (TPSA) is 38.8 Å². The van der Waals surface area contributed by atoms with Gasteiger partial charge in [0.15, 0.2) is 5.60 Å². The van der Waals surface area contributed by atoms with Crippen molar-refractivity contribution in [3.8, 4) is 0 Å². The van der Waals surface area contributed by atoms with Gasteiger partial charge in [-0.3, -0.25) is 4.90 Å². The van der Waals surface area contributed by atoms with E-state index in [-0.39, 0.29) is 12.0 Å². The third kappa shape index (κ3) is 4.14. The number of benzene rings is 2. The van der Waals surface area contributed by atoms with E-state index in [1.54, 1.807) is 0 Å². The lowest BCUT2D eigenvalue weighted by molar-refractivity contribution is -0.178. The van der Waals surface area contributed by atoms with Crippen molar-refractivity contribution in [1.29, 1.82) is 0 Å². The first kappa shape index (κ1) is 18.6. The first-order chi connectivity index (χ1) is 12.6. The number of rotatable bonds is 7. The number of esters is 1. The second-order valence-electron chi connectivity index (χ2n) is 6.99. The SMILES string of the molecule is COC(=O)[C@](C)(OCc1ccccc1)[C@@H]1CCCN1Cc1ccccc1. The Morgan fingerprint density at radius 2 is 1.69 bits per heavy atom. The molecule has 138 valence electrons. The van der Waals surface area contributed by atoms with Crippen LogP contribution in [-0.4, -0.2) is 36.2 Å². The van der Waals surface area contributed by atoms with E-state index in [1.807, 2.05) is 55.5 Å². The Morgan fingerprint density at radius 3 is 2.31 bits per heavy atom. The van der Waals surface area contributed by atoms with E-state index in [2.05, 4.69) is 17.0 Å². The first-order valence-corrected chi connectivity index (χ1v) is 9.18. The van der Waals surface area contributed by atoms with E-state index in [0.717, 1.165) is 31.5 Å². The fraction of sp³-hybridized carbons (Fsp3) is 0.409. The van der Waals surface area contributed by atoms with E-state index in [9.17, 15) is 4.79 Å². The van der Waals surface area contributed by atoms with Crippen molar-refractivity contribution in [3.05, 3.63) is 71.8 Å². The van der Waals surface area contributed by atoms with Gasteiger partial charge in [-0.15, -0.1) is 0 Å². The predicted molar refractivity (Wildman–Crippen MR) is 102 cm³/mol. The highest BCUT2D eigenvalue weighted by atomic mass is 16.6. The summed E-state index contributed by atoms with van der Waals surface area (Å²) in [5.41, 5.74) is 1.31. The Bertz CT molecular complexity index is 704. The van der Waals surface area contributed by atoms with E-state index < -0.39 is 5.60 Å². The minimum atomic E-state index is -0.990. The van der Waals surface area contributed by atoms with Crippen LogP contribution >= 0.6 is 0 Å². The van der Waals surface area contributed by atoms with Crippen molar-refractivity contribution in [2.75, 3.05) is 13.7 Å². The van der Waals surface area contributed by atoms with Crippen molar-refractivity contribution in [2.45, 2.75) is 44.6 Å². The minimum absolute atomic E-state index is 0.00105. The molecule has 0 spiro atoms. The van der Waals surface area contributed by atoms with Gasteiger partial charge < -0.3 is 9.47 Å². The number of likely N-dealkylation sites (tertiary alicyclic amines) is 1. The molecule has 0 bridgehead atoms. The highest BCUT2D eigenvalue weighted by Crippen LogP contribution is 2.33. The van der Waals surface area contributed by atoms with Crippen molar-refractivity contribution in [1.82, 2.24) is 4.90 Å². The van der Waals surface area contributed by atoms with Crippen molar-refractivity contribution in [3.63, 3.8) is 0 Å². The Labute approximate surface area is 155 Å². The van der Waals surface area contributed by atoms with Crippen LogP contribution in [0.1, 0.15) is 30.9 Å². The number of carbonyl (C=O) groups excluding carboxylic acids is 1. The van der Waals surface area contributed by atoms with Gasteiger partial charge in [-0.2, -0.15) is 0 Å². The molecule has 1 heterocycles. The molecule has 1 saturated heterocycles. The molecule has 2 aromatic carbocycles. The van der Waals surface area contributed by atoms with Crippen LogP contribution in [0.15, 0.2) is 60.7 Å². The fourth-order valence-corrected chi connectivity index (χ4v) is 3.76. The molecule has 3 rings (SSSR count). The summed E-state index contributed by atoms with van der Waals surface area (Å²) in [7, 11) is 1.43. The van der Waals surface area contributed by atoms with Gasteiger partial charge in [0.2, 0.25) is 0 Å². The zero-order chi connectivity index (χ0) is 18.4. The highest BCUT2D eigenvalue weighted by molar-refractivity contribution is 5.80. The average Bonchev–Trinajstić information content (AvgIpc) is 3.16. The molecule has 2 atom stereocenters. The van der Waals surface area contributed by atoms with Crippen LogP contribution in [0.4, 0.5) is 0 Å². The predicted octanol–water partition coefficient (Wildman–Crippen LogP) is 3.80. The number of methoxy groups -OCH3 is 1. The lowest BCUT2D eigenvalue weighted by atomic mass is 9.93. The molecule has 0 amide bonds. The Hall–Kier alpha value is -2.17. The zero-order valence-corrected chi connectivity index (χ0v) is 15.6. The molecular formula is C22H27NO3. The molecule has 0 unspecified atom stereocenters. The molecule has 0 saturated carbocycles. The van der Waals surface area contributed by atoms with Crippen LogP contribution in [-0.2, 0) is 27.4 Å². The molecule has 0 N–H and O–H groups in total. The Balaban J connectivity index is 1.77. The third-order valence-electron chi connectivity index (χ3n) is 5.20. The smallest absolute Gasteiger partial charge is 0.339 e. The highest BCUT2D eigenvalue weighted by Gasteiger charge is 2.48. The Morgan fingerprint density at radius 1 is 1.08 bits per heavy atom. The molecular weight excluding hydrogens is 326 g/mol. The molecule has 26 heavy (non-hydrogen) atoms. The van der Waals surface area contributed by atoms with Crippen molar-refractivity contribution < 1.29 is 14.3 Å². The molecule has 2 aromatic rings. The van der Waals surface area contributed by atoms with E-state index in [1.165, 1.54) is 12.7 Å². The maximum absolute atomic E-state index is 12.7. The van der Waals surface area contributed by atoms with E-state index in [4.69, 9.17) is 9.47 Å². The summed E-state index contributed by atoms with van der Waals surface area (Å²) in [5.74, 6) is -0.307. The molecule has 4 heteroatoms. The molecule has 4 nitrogen and oxygen atoms in total. The van der Waals surface area contributed by atoms with E-state index >= 15 is 0 Å². The number of carbonyl (C=O) groups is 1. The number of nitrogens with zero attached hydrogens (tertiary/aromatic N) is 1. The number of hydrogen-bond donors (Lipinski definition) is 0. The quantitative estimate of drug-likeness (QED) is 0.710. The van der Waals surface area contributed by atoms with Gasteiger partial charge in [0.05, 0.1) is 13.7 Å². The van der Waals surface area contributed by atoms with Crippen LogP contribution < -0.4 is 0 Å². The van der Waals surface area contributed by atoms with Gasteiger partial charge in [-0.05, 0) is 37.4 Å². The van der Waals surface area contributed by atoms with Crippen LogP contribution in [0.3, 0.4) is 0 Å². The van der Waals surface area contributed by atoms with Gasteiger partial charge in [0, 0.05) is 12.6 Å². The van der Waals surface area contributed by atoms with Gasteiger partial charge in [-0.25, -0.2) is 4.79 Å². The van der Waals surface area contributed by atoms with Gasteiger partial charge in [0.25, 0.3) is 0 Å².